The lowest BCUT2D eigenvalue weighted by Gasteiger charge is -2.27. The van der Waals surface area contributed by atoms with E-state index in [0.29, 0.717) is 0 Å². The predicted molar refractivity (Wildman–Crippen MR) is 65.5 cm³/mol. The van der Waals surface area contributed by atoms with Crippen molar-refractivity contribution in [1.82, 2.24) is 5.32 Å². The average molecular weight is 271 g/mol. The maximum atomic E-state index is 5.29. The van der Waals surface area contributed by atoms with E-state index in [1.165, 1.54) is 0 Å². The van der Waals surface area contributed by atoms with E-state index in [9.17, 15) is 0 Å². The van der Waals surface area contributed by atoms with Crippen LogP contribution >= 0.6 is 15.9 Å². The molecule has 0 amide bonds. The third-order valence-electron chi connectivity index (χ3n) is 2.61. The standard InChI is InChI=1S/C11H15BrN2O/c1-15-11-3-2-9(12)4-10(11)14-7-8-5-13-6-8/h2-4,8,13-14H,5-7H2,1H3. The number of anilines is 1. The zero-order chi connectivity index (χ0) is 10.7. The molecule has 0 unspecified atom stereocenters. The summed E-state index contributed by atoms with van der Waals surface area (Å²) in [4.78, 5) is 0. The minimum Gasteiger partial charge on any atom is -0.495 e. The summed E-state index contributed by atoms with van der Waals surface area (Å²) >= 11 is 3.46. The molecule has 3 nitrogen and oxygen atoms in total. The summed E-state index contributed by atoms with van der Waals surface area (Å²) in [5.41, 5.74) is 1.05. The lowest BCUT2D eigenvalue weighted by Crippen LogP contribution is -2.45. The van der Waals surface area contributed by atoms with Gasteiger partial charge in [0.2, 0.25) is 0 Å². The minimum atomic E-state index is 0.744. The van der Waals surface area contributed by atoms with Gasteiger partial charge in [-0.3, -0.25) is 0 Å². The summed E-state index contributed by atoms with van der Waals surface area (Å²) in [6.07, 6.45) is 0. The van der Waals surface area contributed by atoms with Crippen molar-refractivity contribution in [2.24, 2.45) is 5.92 Å². The van der Waals surface area contributed by atoms with Gasteiger partial charge in [-0.2, -0.15) is 0 Å². The first kappa shape index (κ1) is 10.8. The molecule has 4 heteroatoms. The van der Waals surface area contributed by atoms with Gasteiger partial charge in [0.1, 0.15) is 5.75 Å². The van der Waals surface area contributed by atoms with Gasteiger partial charge >= 0.3 is 0 Å². The van der Waals surface area contributed by atoms with Gasteiger partial charge in [-0.1, -0.05) is 15.9 Å². The number of nitrogens with one attached hydrogen (secondary N) is 2. The molecule has 1 fully saturated rings. The molecule has 15 heavy (non-hydrogen) atoms. The van der Waals surface area contributed by atoms with Gasteiger partial charge in [0.15, 0.2) is 0 Å². The zero-order valence-electron chi connectivity index (χ0n) is 8.72. The van der Waals surface area contributed by atoms with E-state index in [4.69, 9.17) is 4.74 Å². The highest BCUT2D eigenvalue weighted by Crippen LogP contribution is 2.28. The van der Waals surface area contributed by atoms with E-state index in [1.54, 1.807) is 7.11 Å². The Labute approximate surface area is 98.3 Å². The highest BCUT2D eigenvalue weighted by Gasteiger charge is 2.16. The molecule has 1 aromatic rings. The van der Waals surface area contributed by atoms with E-state index in [1.807, 2.05) is 18.2 Å². The second-order valence-corrected chi connectivity index (χ2v) is 4.67. The topological polar surface area (TPSA) is 33.3 Å². The summed E-state index contributed by atoms with van der Waals surface area (Å²) in [6.45, 7) is 3.23. The average Bonchev–Trinajstić information content (AvgIpc) is 2.16. The van der Waals surface area contributed by atoms with Crippen molar-refractivity contribution >= 4 is 21.6 Å². The van der Waals surface area contributed by atoms with Crippen molar-refractivity contribution in [3.05, 3.63) is 22.7 Å². The predicted octanol–water partition coefficient (Wildman–Crippen LogP) is 2.09. The number of ether oxygens (including phenoxy) is 1. The fourth-order valence-corrected chi connectivity index (χ4v) is 1.93. The molecule has 0 aromatic heterocycles. The molecule has 82 valence electrons. The second-order valence-electron chi connectivity index (χ2n) is 3.75. The number of methoxy groups -OCH3 is 1. The smallest absolute Gasteiger partial charge is 0.142 e. The number of rotatable bonds is 4. The summed E-state index contributed by atoms with van der Waals surface area (Å²) in [7, 11) is 1.69. The molecule has 0 saturated carbocycles. The Balaban J connectivity index is 2.00. The highest BCUT2D eigenvalue weighted by atomic mass is 79.9. The molecule has 0 bridgehead atoms. The fraction of sp³-hybridized carbons (Fsp3) is 0.455. The number of benzene rings is 1. The molecule has 2 N–H and O–H groups in total. The van der Waals surface area contributed by atoms with Crippen LogP contribution in [-0.4, -0.2) is 26.7 Å². The summed E-state index contributed by atoms with van der Waals surface area (Å²) in [5, 5.41) is 6.67. The Morgan fingerprint density at radius 2 is 2.33 bits per heavy atom. The summed E-state index contributed by atoms with van der Waals surface area (Å²) < 4.78 is 6.35. The molecule has 1 aromatic carbocycles. The highest BCUT2D eigenvalue weighted by molar-refractivity contribution is 9.10. The maximum Gasteiger partial charge on any atom is 0.142 e. The Bertz CT molecular complexity index is 339. The largest absolute Gasteiger partial charge is 0.495 e. The van der Waals surface area contributed by atoms with E-state index < -0.39 is 0 Å². The number of hydrogen-bond acceptors (Lipinski definition) is 3. The van der Waals surface area contributed by atoms with Crippen LogP contribution in [-0.2, 0) is 0 Å². The number of halogens is 1. The molecule has 0 aliphatic carbocycles. The van der Waals surface area contributed by atoms with Gasteiger partial charge in [-0.25, -0.2) is 0 Å². The molecule has 0 radical (unpaired) electrons. The van der Waals surface area contributed by atoms with E-state index in [2.05, 4.69) is 26.6 Å². The molecular formula is C11H15BrN2O. The van der Waals surface area contributed by atoms with Gasteiger partial charge in [0.05, 0.1) is 12.8 Å². The van der Waals surface area contributed by atoms with Crippen LogP contribution in [0.25, 0.3) is 0 Å². The molecule has 0 spiro atoms. The third kappa shape index (κ3) is 2.63. The van der Waals surface area contributed by atoms with Crippen LogP contribution < -0.4 is 15.4 Å². The van der Waals surface area contributed by atoms with E-state index in [-0.39, 0.29) is 0 Å². The summed E-state index contributed by atoms with van der Waals surface area (Å²) in [5.74, 6) is 1.64. The quantitative estimate of drug-likeness (QED) is 0.879. The Morgan fingerprint density at radius 1 is 1.53 bits per heavy atom. The lowest BCUT2D eigenvalue weighted by atomic mass is 10.0. The first-order valence-corrected chi connectivity index (χ1v) is 5.87. The van der Waals surface area contributed by atoms with Gasteiger partial charge < -0.3 is 15.4 Å². The van der Waals surface area contributed by atoms with Gasteiger partial charge in [0, 0.05) is 30.0 Å². The molecule has 2 rings (SSSR count). The first-order valence-electron chi connectivity index (χ1n) is 5.07. The normalized spacial score (nSPS) is 15.9. The van der Waals surface area contributed by atoms with Crippen LogP contribution in [0.15, 0.2) is 22.7 Å². The van der Waals surface area contributed by atoms with Crippen molar-refractivity contribution in [2.75, 3.05) is 32.1 Å². The lowest BCUT2D eigenvalue weighted by molar-refractivity contribution is 0.364. The molecule has 1 heterocycles. The fourth-order valence-electron chi connectivity index (χ4n) is 1.57. The van der Waals surface area contributed by atoms with E-state index >= 15 is 0 Å². The second kappa shape index (κ2) is 4.86. The molecule has 1 aliphatic heterocycles. The van der Waals surface area contributed by atoms with Crippen molar-refractivity contribution in [1.29, 1.82) is 0 Å². The third-order valence-corrected chi connectivity index (χ3v) is 3.10. The maximum absolute atomic E-state index is 5.29. The van der Waals surface area contributed by atoms with Crippen LogP contribution in [0.4, 0.5) is 5.69 Å². The Kier molecular flexibility index (Phi) is 3.49. The van der Waals surface area contributed by atoms with Crippen molar-refractivity contribution in [3.8, 4) is 5.75 Å². The van der Waals surface area contributed by atoms with Crippen LogP contribution in [0.1, 0.15) is 0 Å². The molecular weight excluding hydrogens is 256 g/mol. The first-order chi connectivity index (χ1) is 7.29. The molecule has 1 aliphatic rings. The minimum absolute atomic E-state index is 0.744. The zero-order valence-corrected chi connectivity index (χ0v) is 10.3. The van der Waals surface area contributed by atoms with Crippen molar-refractivity contribution < 1.29 is 4.74 Å². The molecule has 1 saturated heterocycles. The van der Waals surface area contributed by atoms with Crippen LogP contribution in [0.3, 0.4) is 0 Å². The van der Waals surface area contributed by atoms with Gasteiger partial charge in [-0.15, -0.1) is 0 Å². The van der Waals surface area contributed by atoms with Crippen molar-refractivity contribution in [2.45, 2.75) is 0 Å². The Hall–Kier alpha value is -0.740. The van der Waals surface area contributed by atoms with Crippen LogP contribution in [0, 0.1) is 5.92 Å². The van der Waals surface area contributed by atoms with Gasteiger partial charge in [0.25, 0.3) is 0 Å². The van der Waals surface area contributed by atoms with Crippen molar-refractivity contribution in [3.63, 3.8) is 0 Å². The SMILES string of the molecule is COc1ccc(Br)cc1NCC1CNC1. The van der Waals surface area contributed by atoms with Crippen LogP contribution in [0.5, 0.6) is 5.75 Å². The monoisotopic (exact) mass is 270 g/mol. The molecule has 0 atom stereocenters. The summed E-state index contributed by atoms with van der Waals surface area (Å²) in [6, 6.07) is 5.99. The van der Waals surface area contributed by atoms with Crippen LogP contribution in [0.2, 0.25) is 0 Å². The van der Waals surface area contributed by atoms with E-state index in [0.717, 1.165) is 41.5 Å². The number of hydrogen-bond donors (Lipinski definition) is 2. The Morgan fingerprint density at radius 3 is 2.93 bits per heavy atom. The van der Waals surface area contributed by atoms with Gasteiger partial charge in [-0.05, 0) is 18.2 Å².